The largest absolute Gasteiger partial charge is 0.478 e. The second-order valence-corrected chi connectivity index (χ2v) is 7.39. The Kier molecular flexibility index (Phi) is 6.04. The number of nitrogens with zero attached hydrogens (tertiary/aromatic N) is 1. The lowest BCUT2D eigenvalue weighted by Gasteiger charge is -2.26. The molecule has 0 aliphatic heterocycles. The van der Waals surface area contributed by atoms with E-state index in [1.807, 2.05) is 6.92 Å². The molecule has 1 aromatic carbocycles. The first-order chi connectivity index (χ1) is 9.64. The fourth-order valence-corrected chi connectivity index (χ4v) is 4.56. The first-order valence-electron chi connectivity index (χ1n) is 6.37. The van der Waals surface area contributed by atoms with E-state index in [0.29, 0.717) is 13.0 Å². The van der Waals surface area contributed by atoms with Gasteiger partial charge in [-0.3, -0.25) is 0 Å². The standard InChI is InChI=1S/C13H17Cl2NO4S/c1-4-7-16(8(2)3)21(19,20)10-6-5-9(14)11(12(10)15)13(17)18/h5-6,8H,4,7H2,1-3H3,(H,17,18). The number of hydrogen-bond donors (Lipinski definition) is 1. The lowest BCUT2D eigenvalue weighted by Crippen LogP contribution is -2.37. The molecule has 0 atom stereocenters. The molecule has 5 nitrogen and oxygen atoms in total. The van der Waals surface area contributed by atoms with E-state index in [-0.39, 0.29) is 21.0 Å². The third-order valence-corrected chi connectivity index (χ3v) is 5.81. The minimum Gasteiger partial charge on any atom is -0.478 e. The van der Waals surface area contributed by atoms with Crippen LogP contribution < -0.4 is 0 Å². The van der Waals surface area contributed by atoms with Gasteiger partial charge >= 0.3 is 5.97 Å². The van der Waals surface area contributed by atoms with Crippen molar-refractivity contribution < 1.29 is 18.3 Å². The average molecular weight is 354 g/mol. The molecule has 118 valence electrons. The van der Waals surface area contributed by atoms with E-state index >= 15 is 0 Å². The second-order valence-electron chi connectivity index (χ2n) is 4.75. The molecule has 8 heteroatoms. The van der Waals surface area contributed by atoms with Crippen molar-refractivity contribution >= 4 is 39.2 Å². The van der Waals surface area contributed by atoms with Gasteiger partial charge in [-0.05, 0) is 32.4 Å². The van der Waals surface area contributed by atoms with E-state index in [1.54, 1.807) is 13.8 Å². The summed E-state index contributed by atoms with van der Waals surface area (Å²) >= 11 is 11.7. The van der Waals surface area contributed by atoms with Crippen LogP contribution in [0.3, 0.4) is 0 Å². The molecule has 0 unspecified atom stereocenters. The quantitative estimate of drug-likeness (QED) is 0.848. The molecule has 0 heterocycles. The van der Waals surface area contributed by atoms with Gasteiger partial charge in [-0.1, -0.05) is 30.1 Å². The minimum atomic E-state index is -3.89. The Morgan fingerprint density at radius 1 is 1.33 bits per heavy atom. The summed E-state index contributed by atoms with van der Waals surface area (Å²) in [5, 5.41) is 8.65. The maximum atomic E-state index is 12.7. The molecule has 0 aliphatic carbocycles. The lowest BCUT2D eigenvalue weighted by atomic mass is 10.2. The van der Waals surface area contributed by atoms with Gasteiger partial charge in [0.2, 0.25) is 10.0 Å². The van der Waals surface area contributed by atoms with Crippen molar-refractivity contribution in [2.75, 3.05) is 6.54 Å². The summed E-state index contributed by atoms with van der Waals surface area (Å²) in [4.78, 5) is 10.9. The number of sulfonamides is 1. The van der Waals surface area contributed by atoms with Crippen LogP contribution in [0.25, 0.3) is 0 Å². The number of carboxylic acids is 1. The molecule has 1 rings (SSSR count). The van der Waals surface area contributed by atoms with E-state index in [1.165, 1.54) is 16.4 Å². The molecular weight excluding hydrogens is 337 g/mol. The molecule has 0 saturated heterocycles. The van der Waals surface area contributed by atoms with Crippen molar-refractivity contribution in [2.45, 2.75) is 38.1 Å². The number of carboxylic acid groups (broad SMARTS) is 1. The van der Waals surface area contributed by atoms with Crippen LogP contribution in [0.15, 0.2) is 17.0 Å². The third kappa shape index (κ3) is 3.69. The highest BCUT2D eigenvalue weighted by Gasteiger charge is 2.31. The Balaban J connectivity index is 3.52. The fraction of sp³-hybridized carbons (Fsp3) is 0.462. The van der Waals surface area contributed by atoms with E-state index in [0.717, 1.165) is 0 Å². The topological polar surface area (TPSA) is 74.7 Å². The summed E-state index contributed by atoms with van der Waals surface area (Å²) in [5.41, 5.74) is -0.403. The Hall–Kier alpha value is -0.820. The van der Waals surface area contributed by atoms with Crippen LogP contribution in [0.4, 0.5) is 0 Å². The summed E-state index contributed by atoms with van der Waals surface area (Å²) in [5.74, 6) is -1.37. The Morgan fingerprint density at radius 2 is 1.90 bits per heavy atom. The molecule has 0 bridgehead atoms. The predicted octanol–water partition coefficient (Wildman–Crippen LogP) is 3.50. The van der Waals surface area contributed by atoms with Gasteiger partial charge in [-0.15, -0.1) is 0 Å². The predicted molar refractivity (Wildman–Crippen MR) is 82.7 cm³/mol. The maximum absolute atomic E-state index is 12.7. The third-order valence-electron chi connectivity index (χ3n) is 2.88. The number of hydrogen-bond acceptors (Lipinski definition) is 3. The molecule has 1 N–H and O–H groups in total. The number of benzene rings is 1. The van der Waals surface area contributed by atoms with E-state index in [9.17, 15) is 13.2 Å². The summed E-state index contributed by atoms with van der Waals surface area (Å²) < 4.78 is 26.6. The molecule has 0 aliphatic rings. The highest BCUT2D eigenvalue weighted by Crippen LogP contribution is 2.33. The SMILES string of the molecule is CCCN(C(C)C)S(=O)(=O)c1ccc(Cl)c(C(=O)O)c1Cl. The van der Waals surface area contributed by atoms with Gasteiger partial charge in [0.05, 0.1) is 15.6 Å². The van der Waals surface area contributed by atoms with Crippen LogP contribution in [-0.4, -0.2) is 36.4 Å². The molecule has 1 aromatic rings. The molecule has 0 fully saturated rings. The van der Waals surface area contributed by atoms with Gasteiger partial charge in [0.1, 0.15) is 4.90 Å². The molecule has 0 saturated carbocycles. The second kappa shape index (κ2) is 6.96. The molecule has 0 aromatic heterocycles. The van der Waals surface area contributed by atoms with Gasteiger partial charge < -0.3 is 5.11 Å². The Morgan fingerprint density at radius 3 is 2.33 bits per heavy atom. The first kappa shape index (κ1) is 18.2. The summed E-state index contributed by atoms with van der Waals surface area (Å²) in [6.45, 7) is 5.67. The van der Waals surface area contributed by atoms with E-state index in [4.69, 9.17) is 28.3 Å². The van der Waals surface area contributed by atoms with Crippen molar-refractivity contribution in [3.63, 3.8) is 0 Å². The first-order valence-corrected chi connectivity index (χ1v) is 8.57. The molecule has 21 heavy (non-hydrogen) atoms. The average Bonchev–Trinajstić information content (AvgIpc) is 2.34. The van der Waals surface area contributed by atoms with Crippen LogP contribution in [0.5, 0.6) is 0 Å². The molecular formula is C13H17Cl2NO4S. The van der Waals surface area contributed by atoms with Crippen LogP contribution >= 0.6 is 23.2 Å². The smallest absolute Gasteiger partial charge is 0.338 e. The highest BCUT2D eigenvalue weighted by atomic mass is 35.5. The Bertz CT molecular complexity index is 644. The van der Waals surface area contributed by atoms with Gasteiger partial charge in [0, 0.05) is 12.6 Å². The normalized spacial score (nSPS) is 12.1. The van der Waals surface area contributed by atoms with Crippen LogP contribution in [0.2, 0.25) is 10.0 Å². The van der Waals surface area contributed by atoms with Crippen LogP contribution in [0.1, 0.15) is 37.6 Å². The summed E-state index contributed by atoms with van der Waals surface area (Å²) in [7, 11) is -3.89. The van der Waals surface area contributed by atoms with Gasteiger partial charge in [0.25, 0.3) is 0 Å². The van der Waals surface area contributed by atoms with Crippen molar-refractivity contribution in [3.05, 3.63) is 27.7 Å². The fourth-order valence-electron chi connectivity index (χ4n) is 1.93. The van der Waals surface area contributed by atoms with Crippen LogP contribution in [0, 0.1) is 0 Å². The zero-order chi connectivity index (χ0) is 16.4. The van der Waals surface area contributed by atoms with Crippen LogP contribution in [-0.2, 0) is 10.0 Å². The van der Waals surface area contributed by atoms with Crippen molar-refractivity contribution in [2.24, 2.45) is 0 Å². The highest BCUT2D eigenvalue weighted by molar-refractivity contribution is 7.89. The zero-order valence-corrected chi connectivity index (χ0v) is 14.3. The van der Waals surface area contributed by atoms with Gasteiger partial charge in [-0.25, -0.2) is 13.2 Å². The molecule has 0 spiro atoms. The minimum absolute atomic E-state index is 0.0990. The number of carbonyl (C=O) groups is 1. The lowest BCUT2D eigenvalue weighted by molar-refractivity contribution is 0.0697. The Labute approximate surface area is 134 Å². The maximum Gasteiger partial charge on any atom is 0.338 e. The van der Waals surface area contributed by atoms with Gasteiger partial charge in [-0.2, -0.15) is 4.31 Å². The zero-order valence-electron chi connectivity index (χ0n) is 11.9. The summed E-state index contributed by atoms with van der Waals surface area (Å²) in [6, 6.07) is 2.20. The van der Waals surface area contributed by atoms with Crippen molar-refractivity contribution in [1.82, 2.24) is 4.31 Å². The monoisotopic (exact) mass is 353 g/mol. The van der Waals surface area contributed by atoms with Crippen molar-refractivity contribution in [3.8, 4) is 0 Å². The van der Waals surface area contributed by atoms with Crippen molar-refractivity contribution in [1.29, 1.82) is 0 Å². The number of aromatic carboxylic acids is 1. The summed E-state index contributed by atoms with van der Waals surface area (Å²) in [6.07, 6.45) is 0.633. The number of rotatable bonds is 6. The van der Waals surface area contributed by atoms with Gasteiger partial charge in [0.15, 0.2) is 0 Å². The number of halogens is 2. The molecule has 0 amide bonds. The molecule has 0 radical (unpaired) electrons. The van der Waals surface area contributed by atoms with E-state index in [2.05, 4.69) is 0 Å². The van der Waals surface area contributed by atoms with E-state index < -0.39 is 21.6 Å².